The molecule has 0 radical (unpaired) electrons. The largest absolute Gasteiger partial charge is 0.497 e. The molecule has 2 heterocycles. The van der Waals surface area contributed by atoms with E-state index in [2.05, 4.69) is 10.3 Å². The van der Waals surface area contributed by atoms with Crippen LogP contribution >= 0.6 is 23.1 Å². The number of fused-ring (bicyclic) bond motifs is 1. The number of aryl methyl sites for hydroxylation is 2. The zero-order chi connectivity index (χ0) is 20.4. The Morgan fingerprint density at radius 3 is 2.71 bits per heavy atom. The molecule has 2 aromatic heterocycles. The average molecular weight is 420 g/mol. The number of hydrogen-bond donors (Lipinski definition) is 1. The lowest BCUT2D eigenvalue weighted by atomic mass is 10.2. The highest BCUT2D eigenvalue weighted by molar-refractivity contribution is 7.99. The summed E-state index contributed by atoms with van der Waals surface area (Å²) in [6, 6.07) is 5.16. The second-order valence-electron chi connectivity index (χ2n) is 6.13. The van der Waals surface area contributed by atoms with Crippen LogP contribution in [0.2, 0.25) is 0 Å². The number of methoxy groups -OCH3 is 2. The van der Waals surface area contributed by atoms with Crippen LogP contribution in [-0.2, 0) is 11.8 Å². The molecule has 0 aliphatic carbocycles. The molecule has 0 saturated heterocycles. The molecular formula is C19H21N3O4S2. The van der Waals surface area contributed by atoms with Crippen LogP contribution in [-0.4, -0.2) is 35.4 Å². The van der Waals surface area contributed by atoms with Gasteiger partial charge in [0.25, 0.3) is 5.56 Å². The molecule has 0 aliphatic heterocycles. The fourth-order valence-electron chi connectivity index (χ4n) is 2.70. The summed E-state index contributed by atoms with van der Waals surface area (Å²) in [6.07, 6.45) is 0. The summed E-state index contributed by atoms with van der Waals surface area (Å²) in [5.41, 5.74) is 1.43. The molecule has 1 N–H and O–H groups in total. The van der Waals surface area contributed by atoms with E-state index in [1.165, 1.54) is 34.8 Å². The first kappa shape index (κ1) is 20.2. The molecule has 0 spiro atoms. The maximum Gasteiger partial charge on any atom is 0.262 e. The molecule has 0 atom stereocenters. The molecule has 148 valence electrons. The van der Waals surface area contributed by atoms with Gasteiger partial charge in [-0.2, -0.15) is 0 Å². The number of hydrogen-bond acceptors (Lipinski definition) is 7. The van der Waals surface area contributed by atoms with Gasteiger partial charge < -0.3 is 14.8 Å². The Balaban J connectivity index is 1.76. The number of anilines is 1. The summed E-state index contributed by atoms with van der Waals surface area (Å²) >= 11 is 2.71. The van der Waals surface area contributed by atoms with E-state index in [1.54, 1.807) is 32.4 Å². The van der Waals surface area contributed by atoms with E-state index in [4.69, 9.17) is 9.47 Å². The van der Waals surface area contributed by atoms with Gasteiger partial charge in [-0.1, -0.05) is 11.8 Å². The first-order valence-corrected chi connectivity index (χ1v) is 10.3. The predicted molar refractivity (Wildman–Crippen MR) is 113 cm³/mol. The van der Waals surface area contributed by atoms with Crippen molar-refractivity contribution in [2.24, 2.45) is 7.05 Å². The lowest BCUT2D eigenvalue weighted by molar-refractivity contribution is -0.113. The molecule has 0 fully saturated rings. The number of nitrogens with one attached hydrogen (secondary N) is 1. The molecule has 28 heavy (non-hydrogen) atoms. The third-order valence-corrected chi connectivity index (χ3v) is 6.52. The van der Waals surface area contributed by atoms with Gasteiger partial charge in [0.1, 0.15) is 16.3 Å². The highest BCUT2D eigenvalue weighted by atomic mass is 32.2. The zero-order valence-electron chi connectivity index (χ0n) is 16.3. The van der Waals surface area contributed by atoms with E-state index in [1.807, 2.05) is 13.8 Å². The molecular weight excluding hydrogens is 398 g/mol. The molecule has 1 amide bonds. The Labute approximate surface area is 170 Å². The predicted octanol–water partition coefficient (Wildman–Crippen LogP) is 3.36. The topological polar surface area (TPSA) is 82.5 Å². The van der Waals surface area contributed by atoms with Crippen molar-refractivity contribution in [1.29, 1.82) is 0 Å². The van der Waals surface area contributed by atoms with Crippen molar-refractivity contribution in [3.63, 3.8) is 0 Å². The summed E-state index contributed by atoms with van der Waals surface area (Å²) in [5.74, 6) is 1.04. The van der Waals surface area contributed by atoms with Gasteiger partial charge in [0.2, 0.25) is 5.91 Å². The van der Waals surface area contributed by atoms with Crippen LogP contribution in [0, 0.1) is 13.8 Å². The van der Waals surface area contributed by atoms with Gasteiger partial charge in [-0.05, 0) is 31.5 Å². The number of ether oxygens (including phenoxy) is 2. The number of aromatic nitrogens is 2. The number of amides is 1. The fourth-order valence-corrected chi connectivity index (χ4v) is 4.55. The number of thioether (sulfide) groups is 1. The van der Waals surface area contributed by atoms with Gasteiger partial charge in [-0.15, -0.1) is 11.3 Å². The molecule has 0 bridgehead atoms. The van der Waals surface area contributed by atoms with Crippen LogP contribution in [0.4, 0.5) is 5.69 Å². The van der Waals surface area contributed by atoms with Crippen molar-refractivity contribution in [2.45, 2.75) is 19.0 Å². The number of carbonyl (C=O) groups is 1. The first-order valence-electron chi connectivity index (χ1n) is 8.47. The van der Waals surface area contributed by atoms with Crippen LogP contribution in [0.3, 0.4) is 0 Å². The number of carbonyl (C=O) groups excluding carboxylic acids is 1. The summed E-state index contributed by atoms with van der Waals surface area (Å²) < 4.78 is 11.9. The standard InChI is InChI=1S/C19H21N3O4S2/c1-10-11(2)28-17-16(10)18(24)22(3)19(21-17)27-9-15(23)20-13-7-6-12(25-4)8-14(13)26-5/h6-8H,9H2,1-5H3,(H,20,23). The Bertz CT molecular complexity index is 1100. The third-order valence-electron chi connectivity index (χ3n) is 4.38. The van der Waals surface area contributed by atoms with Gasteiger partial charge >= 0.3 is 0 Å². The van der Waals surface area contributed by atoms with Crippen molar-refractivity contribution >= 4 is 44.9 Å². The minimum absolute atomic E-state index is 0.0911. The summed E-state index contributed by atoms with van der Waals surface area (Å²) in [6.45, 7) is 3.91. The van der Waals surface area contributed by atoms with Crippen molar-refractivity contribution < 1.29 is 14.3 Å². The molecule has 0 aliphatic rings. The smallest absolute Gasteiger partial charge is 0.262 e. The maximum absolute atomic E-state index is 12.7. The van der Waals surface area contributed by atoms with Gasteiger partial charge in [-0.3, -0.25) is 14.2 Å². The summed E-state index contributed by atoms with van der Waals surface area (Å²) in [4.78, 5) is 31.4. The van der Waals surface area contributed by atoms with Crippen molar-refractivity contribution in [2.75, 3.05) is 25.3 Å². The highest BCUT2D eigenvalue weighted by Crippen LogP contribution is 2.30. The lowest BCUT2D eigenvalue weighted by Gasteiger charge is -2.12. The monoisotopic (exact) mass is 419 g/mol. The van der Waals surface area contributed by atoms with Crippen molar-refractivity contribution in [1.82, 2.24) is 9.55 Å². The number of thiophene rings is 1. The Kier molecular flexibility index (Phi) is 5.95. The highest BCUT2D eigenvalue weighted by Gasteiger charge is 2.16. The van der Waals surface area contributed by atoms with Crippen molar-refractivity contribution in [3.05, 3.63) is 39.0 Å². The lowest BCUT2D eigenvalue weighted by Crippen LogP contribution is -2.21. The molecule has 7 nitrogen and oxygen atoms in total. The summed E-state index contributed by atoms with van der Waals surface area (Å²) in [7, 11) is 4.77. The molecule has 0 unspecified atom stereocenters. The average Bonchev–Trinajstić information content (AvgIpc) is 2.97. The zero-order valence-corrected chi connectivity index (χ0v) is 17.9. The van der Waals surface area contributed by atoms with E-state index in [9.17, 15) is 9.59 Å². The van der Waals surface area contributed by atoms with Crippen LogP contribution in [0.1, 0.15) is 10.4 Å². The SMILES string of the molecule is COc1ccc(NC(=O)CSc2nc3sc(C)c(C)c3c(=O)n2C)c(OC)c1. The summed E-state index contributed by atoms with van der Waals surface area (Å²) in [5, 5.41) is 3.98. The minimum Gasteiger partial charge on any atom is -0.497 e. The Morgan fingerprint density at radius 1 is 1.29 bits per heavy atom. The molecule has 9 heteroatoms. The number of nitrogens with zero attached hydrogens (tertiary/aromatic N) is 2. The van der Waals surface area contributed by atoms with E-state index >= 15 is 0 Å². The maximum atomic E-state index is 12.7. The van der Waals surface area contributed by atoms with Crippen LogP contribution in [0.15, 0.2) is 28.2 Å². The van der Waals surface area contributed by atoms with Gasteiger partial charge in [0, 0.05) is 18.0 Å². The van der Waals surface area contributed by atoms with Gasteiger partial charge in [-0.25, -0.2) is 4.98 Å². The van der Waals surface area contributed by atoms with E-state index in [0.717, 1.165) is 10.4 Å². The van der Waals surface area contributed by atoms with E-state index in [-0.39, 0.29) is 17.2 Å². The first-order chi connectivity index (χ1) is 13.3. The normalized spacial score (nSPS) is 10.9. The van der Waals surface area contributed by atoms with E-state index in [0.29, 0.717) is 32.6 Å². The van der Waals surface area contributed by atoms with Gasteiger partial charge in [0.15, 0.2) is 5.16 Å². The Hall–Kier alpha value is -2.52. The Morgan fingerprint density at radius 2 is 2.04 bits per heavy atom. The number of rotatable bonds is 6. The van der Waals surface area contributed by atoms with Crippen LogP contribution in [0.25, 0.3) is 10.2 Å². The molecule has 1 aromatic carbocycles. The van der Waals surface area contributed by atoms with Gasteiger partial charge in [0.05, 0.1) is 31.0 Å². The quantitative estimate of drug-likeness (QED) is 0.487. The number of benzene rings is 1. The molecule has 0 saturated carbocycles. The van der Waals surface area contributed by atoms with Crippen LogP contribution < -0.4 is 20.3 Å². The van der Waals surface area contributed by atoms with Crippen LogP contribution in [0.5, 0.6) is 11.5 Å². The minimum atomic E-state index is -0.221. The second kappa shape index (κ2) is 8.24. The molecule has 3 aromatic rings. The molecule has 3 rings (SSSR count). The third kappa shape index (κ3) is 3.85. The second-order valence-corrected chi connectivity index (χ2v) is 8.27. The van der Waals surface area contributed by atoms with E-state index < -0.39 is 0 Å². The van der Waals surface area contributed by atoms with Crippen molar-refractivity contribution in [3.8, 4) is 11.5 Å². The fraction of sp³-hybridized carbons (Fsp3) is 0.316.